The monoisotopic (exact) mass is 278 g/mol. The molecule has 1 atom stereocenters. The number of nitrogens with two attached hydrogens (primary N) is 1. The summed E-state index contributed by atoms with van der Waals surface area (Å²) in [7, 11) is 1.40. The molecule has 0 aliphatic carbocycles. The van der Waals surface area contributed by atoms with Gasteiger partial charge in [0.05, 0.1) is 5.56 Å². The number of carbonyl (C=O) groups excluding carboxylic acids is 1. The van der Waals surface area contributed by atoms with Gasteiger partial charge in [0.1, 0.15) is 5.82 Å². The average Bonchev–Trinajstić information content (AvgIpc) is 2.34. The van der Waals surface area contributed by atoms with Crippen LogP contribution < -0.4 is 5.73 Å². The van der Waals surface area contributed by atoms with E-state index in [0.717, 1.165) is 6.07 Å². The van der Waals surface area contributed by atoms with Crippen LogP contribution in [-0.2, 0) is 6.18 Å². The van der Waals surface area contributed by atoms with E-state index in [1.54, 1.807) is 6.92 Å². The highest BCUT2D eigenvalue weighted by atomic mass is 19.4. The fourth-order valence-electron chi connectivity index (χ4n) is 1.44. The molecule has 1 aromatic carbocycles. The molecule has 1 amide bonds. The molecule has 0 aliphatic rings. The zero-order valence-electron chi connectivity index (χ0n) is 10.5. The van der Waals surface area contributed by atoms with Crippen LogP contribution in [0.3, 0.4) is 0 Å². The molecule has 1 unspecified atom stereocenters. The van der Waals surface area contributed by atoms with Gasteiger partial charge in [-0.2, -0.15) is 13.2 Å². The molecule has 3 nitrogen and oxygen atoms in total. The molecule has 0 bridgehead atoms. The number of hydrogen-bond acceptors (Lipinski definition) is 2. The van der Waals surface area contributed by atoms with E-state index in [-0.39, 0.29) is 18.2 Å². The van der Waals surface area contributed by atoms with Crippen LogP contribution >= 0.6 is 0 Å². The van der Waals surface area contributed by atoms with Gasteiger partial charge in [0.15, 0.2) is 0 Å². The third kappa shape index (κ3) is 3.66. The van der Waals surface area contributed by atoms with Gasteiger partial charge in [-0.05, 0) is 25.1 Å². The summed E-state index contributed by atoms with van der Waals surface area (Å²) in [4.78, 5) is 13.1. The first-order chi connectivity index (χ1) is 8.66. The molecule has 0 saturated heterocycles. The highest BCUT2D eigenvalue weighted by Crippen LogP contribution is 2.30. The summed E-state index contributed by atoms with van der Waals surface area (Å²) in [6, 6.07) is 1.40. The first kappa shape index (κ1) is 15.4. The Morgan fingerprint density at radius 3 is 2.42 bits per heavy atom. The lowest BCUT2D eigenvalue weighted by Crippen LogP contribution is -2.39. The summed E-state index contributed by atoms with van der Waals surface area (Å²) in [6.07, 6.45) is -4.70. The molecule has 1 aromatic rings. The van der Waals surface area contributed by atoms with Crippen molar-refractivity contribution in [1.29, 1.82) is 0 Å². The van der Waals surface area contributed by atoms with Crippen molar-refractivity contribution >= 4 is 5.91 Å². The number of hydrogen-bond donors (Lipinski definition) is 1. The summed E-state index contributed by atoms with van der Waals surface area (Å²) in [5, 5.41) is 0. The highest BCUT2D eigenvalue weighted by molar-refractivity contribution is 5.94. The van der Waals surface area contributed by atoms with Crippen LogP contribution in [0, 0.1) is 5.82 Å². The van der Waals surface area contributed by atoms with E-state index < -0.39 is 23.5 Å². The van der Waals surface area contributed by atoms with Crippen molar-refractivity contribution in [2.24, 2.45) is 5.73 Å². The molecule has 0 aromatic heterocycles. The summed E-state index contributed by atoms with van der Waals surface area (Å²) in [5.74, 6) is -1.81. The van der Waals surface area contributed by atoms with Gasteiger partial charge >= 0.3 is 6.18 Å². The molecule has 19 heavy (non-hydrogen) atoms. The van der Waals surface area contributed by atoms with Crippen molar-refractivity contribution in [3.05, 3.63) is 35.1 Å². The maximum absolute atomic E-state index is 13.2. The SMILES string of the molecule is CC(CN)N(C)C(=O)c1cc(F)cc(C(F)(F)F)c1. The van der Waals surface area contributed by atoms with Gasteiger partial charge in [-0.25, -0.2) is 4.39 Å². The summed E-state index contributed by atoms with van der Waals surface area (Å²) >= 11 is 0. The van der Waals surface area contributed by atoms with Crippen LogP contribution in [-0.4, -0.2) is 30.4 Å². The van der Waals surface area contributed by atoms with E-state index in [1.807, 2.05) is 0 Å². The van der Waals surface area contributed by atoms with E-state index in [9.17, 15) is 22.4 Å². The zero-order chi connectivity index (χ0) is 14.8. The summed E-state index contributed by atoms with van der Waals surface area (Å²) in [6.45, 7) is 1.80. The molecular formula is C12H14F4N2O. The molecule has 0 spiro atoms. The van der Waals surface area contributed by atoms with E-state index in [0.29, 0.717) is 12.1 Å². The number of rotatable bonds is 3. The minimum absolute atomic E-state index is 0.156. The van der Waals surface area contributed by atoms with Crippen LogP contribution in [0.15, 0.2) is 18.2 Å². The van der Waals surface area contributed by atoms with Gasteiger partial charge in [-0.3, -0.25) is 4.79 Å². The minimum atomic E-state index is -4.70. The molecule has 1 rings (SSSR count). The van der Waals surface area contributed by atoms with Gasteiger partial charge in [-0.1, -0.05) is 0 Å². The average molecular weight is 278 g/mol. The zero-order valence-corrected chi connectivity index (χ0v) is 10.5. The van der Waals surface area contributed by atoms with Gasteiger partial charge in [0.2, 0.25) is 0 Å². The Balaban J connectivity index is 3.14. The van der Waals surface area contributed by atoms with Gasteiger partial charge in [-0.15, -0.1) is 0 Å². The first-order valence-corrected chi connectivity index (χ1v) is 5.51. The molecule has 0 radical (unpaired) electrons. The summed E-state index contributed by atoms with van der Waals surface area (Å²) in [5.41, 5.74) is 3.83. The standard InChI is InChI=1S/C12H14F4N2O/c1-7(6-17)18(2)11(19)8-3-9(12(14,15)16)5-10(13)4-8/h3-5,7H,6,17H2,1-2H3. The van der Waals surface area contributed by atoms with Gasteiger partial charge < -0.3 is 10.6 Å². The molecule has 0 aliphatic heterocycles. The number of benzene rings is 1. The largest absolute Gasteiger partial charge is 0.416 e. The Morgan fingerprint density at radius 2 is 1.95 bits per heavy atom. The van der Waals surface area contributed by atoms with Crippen LogP contribution in [0.5, 0.6) is 0 Å². The fourth-order valence-corrected chi connectivity index (χ4v) is 1.44. The van der Waals surface area contributed by atoms with Crippen molar-refractivity contribution in [2.75, 3.05) is 13.6 Å². The maximum atomic E-state index is 13.2. The molecule has 0 saturated carbocycles. The van der Waals surface area contributed by atoms with E-state index >= 15 is 0 Å². The normalized spacial score (nSPS) is 13.2. The number of amides is 1. The van der Waals surface area contributed by atoms with E-state index in [2.05, 4.69) is 0 Å². The van der Waals surface area contributed by atoms with Crippen molar-refractivity contribution in [3.8, 4) is 0 Å². The second-order valence-electron chi connectivity index (χ2n) is 4.23. The molecule has 2 N–H and O–H groups in total. The molecular weight excluding hydrogens is 264 g/mol. The lowest BCUT2D eigenvalue weighted by Gasteiger charge is -2.24. The minimum Gasteiger partial charge on any atom is -0.338 e. The fraction of sp³-hybridized carbons (Fsp3) is 0.417. The number of likely N-dealkylation sites (N-methyl/N-ethyl adjacent to an activating group) is 1. The Labute approximate surface area is 108 Å². The molecule has 0 heterocycles. The van der Waals surface area contributed by atoms with Crippen LogP contribution in [0.4, 0.5) is 17.6 Å². The van der Waals surface area contributed by atoms with Crippen LogP contribution in [0.2, 0.25) is 0 Å². The van der Waals surface area contributed by atoms with E-state index in [4.69, 9.17) is 5.73 Å². The predicted octanol–water partition coefficient (Wildman–Crippen LogP) is 2.26. The van der Waals surface area contributed by atoms with Crippen molar-refractivity contribution in [2.45, 2.75) is 19.1 Å². The van der Waals surface area contributed by atoms with Gasteiger partial charge in [0.25, 0.3) is 5.91 Å². The first-order valence-electron chi connectivity index (χ1n) is 5.51. The second-order valence-corrected chi connectivity index (χ2v) is 4.23. The lowest BCUT2D eigenvalue weighted by molar-refractivity contribution is -0.137. The van der Waals surface area contributed by atoms with E-state index in [1.165, 1.54) is 11.9 Å². The highest BCUT2D eigenvalue weighted by Gasteiger charge is 2.32. The molecule has 0 fully saturated rings. The maximum Gasteiger partial charge on any atom is 0.416 e. The summed E-state index contributed by atoms with van der Waals surface area (Å²) < 4.78 is 50.7. The van der Waals surface area contributed by atoms with Crippen molar-refractivity contribution in [3.63, 3.8) is 0 Å². The quantitative estimate of drug-likeness (QED) is 0.862. The Morgan fingerprint density at radius 1 is 1.37 bits per heavy atom. The lowest BCUT2D eigenvalue weighted by atomic mass is 10.1. The van der Waals surface area contributed by atoms with Crippen LogP contribution in [0.25, 0.3) is 0 Å². The third-order valence-electron chi connectivity index (χ3n) is 2.79. The number of nitrogens with zero attached hydrogens (tertiary/aromatic N) is 1. The van der Waals surface area contributed by atoms with Crippen molar-refractivity contribution < 1.29 is 22.4 Å². The Kier molecular flexibility index (Phi) is 4.52. The number of alkyl halides is 3. The number of halogens is 4. The molecule has 7 heteroatoms. The smallest absolute Gasteiger partial charge is 0.338 e. The van der Waals surface area contributed by atoms with Gasteiger partial charge in [0, 0.05) is 25.2 Å². The predicted molar refractivity (Wildman–Crippen MR) is 62.0 cm³/mol. The van der Waals surface area contributed by atoms with Crippen LogP contribution in [0.1, 0.15) is 22.8 Å². The molecule has 106 valence electrons. The number of carbonyl (C=O) groups is 1. The third-order valence-corrected chi connectivity index (χ3v) is 2.79. The Bertz CT molecular complexity index is 473. The Hall–Kier alpha value is -1.63. The second kappa shape index (κ2) is 5.56. The van der Waals surface area contributed by atoms with Crippen molar-refractivity contribution in [1.82, 2.24) is 4.90 Å². The topological polar surface area (TPSA) is 46.3 Å².